The molecular formula is C28H30Cl2IN3O4S. The lowest BCUT2D eigenvalue weighted by atomic mass is 10.0. The minimum Gasteiger partial charge on any atom is -0.352 e. The van der Waals surface area contributed by atoms with Crippen LogP contribution in [0.15, 0.2) is 72.8 Å². The van der Waals surface area contributed by atoms with Crippen molar-refractivity contribution >= 4 is 73.3 Å². The van der Waals surface area contributed by atoms with E-state index >= 15 is 0 Å². The number of rotatable bonds is 11. The molecule has 2 amide bonds. The van der Waals surface area contributed by atoms with Crippen molar-refractivity contribution in [2.75, 3.05) is 17.1 Å². The predicted molar refractivity (Wildman–Crippen MR) is 166 cm³/mol. The quantitative estimate of drug-likeness (QED) is 0.267. The van der Waals surface area contributed by atoms with Crippen LogP contribution in [0, 0.1) is 3.57 Å². The molecule has 0 heterocycles. The predicted octanol–water partition coefficient (Wildman–Crippen LogP) is 5.53. The second kappa shape index (κ2) is 13.8. The minimum absolute atomic E-state index is 0.0169. The van der Waals surface area contributed by atoms with Crippen LogP contribution in [-0.4, -0.2) is 50.0 Å². The van der Waals surface area contributed by atoms with Crippen molar-refractivity contribution in [1.82, 2.24) is 10.2 Å². The van der Waals surface area contributed by atoms with Gasteiger partial charge in [-0.1, -0.05) is 59.6 Å². The molecule has 39 heavy (non-hydrogen) atoms. The van der Waals surface area contributed by atoms with E-state index in [2.05, 4.69) is 27.9 Å². The number of carbonyl (C=O) groups excluding carboxylic acids is 2. The lowest BCUT2D eigenvalue weighted by molar-refractivity contribution is -0.140. The van der Waals surface area contributed by atoms with Crippen molar-refractivity contribution in [3.63, 3.8) is 0 Å². The number of amides is 2. The van der Waals surface area contributed by atoms with E-state index in [0.717, 1.165) is 19.7 Å². The number of nitrogens with one attached hydrogen (secondary N) is 1. The summed E-state index contributed by atoms with van der Waals surface area (Å²) in [6.07, 6.45) is 1.28. The number of carbonyl (C=O) groups is 2. The normalized spacial score (nSPS) is 12.2. The van der Waals surface area contributed by atoms with Crippen molar-refractivity contribution < 1.29 is 18.0 Å². The maximum absolute atomic E-state index is 14.0. The zero-order valence-electron chi connectivity index (χ0n) is 21.8. The topological polar surface area (TPSA) is 86.8 Å². The average molecular weight is 702 g/mol. The van der Waals surface area contributed by atoms with Gasteiger partial charge in [-0.2, -0.15) is 0 Å². The number of sulfonamides is 1. The summed E-state index contributed by atoms with van der Waals surface area (Å²) in [7, 11) is -3.82. The van der Waals surface area contributed by atoms with Gasteiger partial charge in [0.05, 0.1) is 22.0 Å². The first-order chi connectivity index (χ1) is 18.3. The third kappa shape index (κ3) is 9.09. The van der Waals surface area contributed by atoms with E-state index in [0.29, 0.717) is 21.3 Å². The summed E-state index contributed by atoms with van der Waals surface area (Å²) >= 11 is 14.5. The van der Waals surface area contributed by atoms with Crippen LogP contribution in [-0.2, 0) is 32.6 Å². The molecule has 0 radical (unpaired) electrons. The Morgan fingerprint density at radius 1 is 0.923 bits per heavy atom. The van der Waals surface area contributed by atoms with E-state index in [4.69, 9.17) is 23.2 Å². The third-order valence-electron chi connectivity index (χ3n) is 5.83. The minimum atomic E-state index is -3.82. The Labute approximate surface area is 253 Å². The van der Waals surface area contributed by atoms with Crippen LogP contribution in [0.3, 0.4) is 0 Å². The van der Waals surface area contributed by atoms with E-state index < -0.39 is 28.5 Å². The summed E-state index contributed by atoms with van der Waals surface area (Å²) in [6, 6.07) is 20.1. The zero-order chi connectivity index (χ0) is 28.7. The highest BCUT2D eigenvalue weighted by Crippen LogP contribution is 2.25. The molecule has 0 aliphatic carbocycles. The summed E-state index contributed by atoms with van der Waals surface area (Å²) in [4.78, 5) is 28.9. The lowest BCUT2D eigenvalue weighted by Crippen LogP contribution is -2.54. The summed E-state index contributed by atoms with van der Waals surface area (Å²) < 4.78 is 27.6. The fourth-order valence-corrected chi connectivity index (χ4v) is 5.52. The van der Waals surface area contributed by atoms with Crippen molar-refractivity contribution in [2.24, 2.45) is 0 Å². The van der Waals surface area contributed by atoms with Gasteiger partial charge < -0.3 is 10.2 Å². The largest absolute Gasteiger partial charge is 0.352 e. The molecule has 0 aliphatic heterocycles. The molecule has 0 aromatic heterocycles. The van der Waals surface area contributed by atoms with Gasteiger partial charge in [-0.25, -0.2) is 8.42 Å². The number of hydrogen-bond donors (Lipinski definition) is 1. The number of hydrogen-bond acceptors (Lipinski definition) is 4. The van der Waals surface area contributed by atoms with Crippen LogP contribution in [0.2, 0.25) is 10.0 Å². The van der Waals surface area contributed by atoms with E-state index in [1.807, 2.05) is 44.2 Å². The summed E-state index contributed by atoms with van der Waals surface area (Å²) in [5.41, 5.74) is 1.85. The molecule has 0 spiro atoms. The Bertz CT molecular complexity index is 1400. The number of benzene rings is 3. The molecule has 3 aromatic carbocycles. The Balaban J connectivity index is 2.06. The summed E-state index contributed by atoms with van der Waals surface area (Å²) in [6.45, 7) is 3.21. The average Bonchev–Trinajstić information content (AvgIpc) is 2.87. The van der Waals surface area contributed by atoms with Crippen LogP contribution >= 0.6 is 45.8 Å². The SMILES string of the molecule is CC(C)NC(=O)[C@@H](Cc1ccccc1)N(Cc1ccc(Cl)c(Cl)c1)C(=O)CN(c1ccc(I)cc1)S(C)(=O)=O. The standard InChI is InChI=1S/C28H30Cl2IN3O4S/c1-19(2)32-28(36)26(16-20-7-5-4-6-8-20)33(17-21-9-14-24(29)25(30)15-21)27(35)18-34(39(3,37)38)23-12-10-22(31)11-13-23/h4-15,19,26H,16-18H2,1-3H3,(H,32,36)/t26-/m1/s1. The van der Waals surface area contributed by atoms with Crippen LogP contribution in [0.4, 0.5) is 5.69 Å². The van der Waals surface area contributed by atoms with Gasteiger partial charge in [0.25, 0.3) is 0 Å². The summed E-state index contributed by atoms with van der Waals surface area (Å²) in [5.74, 6) is -0.882. The molecular weight excluding hydrogens is 672 g/mol. The molecule has 0 aliphatic rings. The van der Waals surface area contributed by atoms with Crippen molar-refractivity contribution in [1.29, 1.82) is 0 Å². The molecule has 3 rings (SSSR count). The highest BCUT2D eigenvalue weighted by molar-refractivity contribution is 14.1. The fraction of sp³-hybridized carbons (Fsp3) is 0.286. The van der Waals surface area contributed by atoms with Gasteiger partial charge >= 0.3 is 0 Å². The maximum atomic E-state index is 14.0. The third-order valence-corrected chi connectivity index (χ3v) is 8.43. The van der Waals surface area contributed by atoms with Gasteiger partial charge in [0.2, 0.25) is 21.8 Å². The number of nitrogens with zero attached hydrogens (tertiary/aromatic N) is 2. The lowest BCUT2D eigenvalue weighted by Gasteiger charge is -2.34. The zero-order valence-corrected chi connectivity index (χ0v) is 26.3. The molecule has 7 nitrogen and oxygen atoms in total. The van der Waals surface area contributed by atoms with E-state index in [1.54, 1.807) is 42.5 Å². The van der Waals surface area contributed by atoms with E-state index in [9.17, 15) is 18.0 Å². The maximum Gasteiger partial charge on any atom is 0.244 e. The molecule has 11 heteroatoms. The second-order valence-electron chi connectivity index (χ2n) is 9.38. The molecule has 1 N–H and O–H groups in total. The highest BCUT2D eigenvalue weighted by Gasteiger charge is 2.33. The molecule has 0 saturated carbocycles. The van der Waals surface area contributed by atoms with Crippen LogP contribution in [0.5, 0.6) is 0 Å². The van der Waals surface area contributed by atoms with Crippen molar-refractivity contribution in [2.45, 2.75) is 38.9 Å². The first-order valence-corrected chi connectivity index (χ1v) is 15.8. The van der Waals surface area contributed by atoms with Crippen molar-refractivity contribution in [3.05, 3.63) is 97.5 Å². The molecule has 208 valence electrons. The van der Waals surface area contributed by atoms with E-state index in [1.165, 1.54) is 4.90 Å². The molecule has 3 aromatic rings. The number of anilines is 1. The fourth-order valence-electron chi connectivity index (χ4n) is 3.99. The molecule has 0 fully saturated rings. The smallest absolute Gasteiger partial charge is 0.244 e. The van der Waals surface area contributed by atoms with Gasteiger partial charge in [-0.15, -0.1) is 0 Å². The van der Waals surface area contributed by atoms with E-state index in [-0.39, 0.29) is 24.9 Å². The molecule has 0 unspecified atom stereocenters. The van der Waals surface area contributed by atoms with Gasteiger partial charge in [-0.3, -0.25) is 13.9 Å². The Hall–Kier alpha value is -2.34. The monoisotopic (exact) mass is 701 g/mol. The molecule has 1 atom stereocenters. The van der Waals surface area contributed by atoms with Crippen LogP contribution in [0.25, 0.3) is 0 Å². The summed E-state index contributed by atoms with van der Waals surface area (Å²) in [5, 5.41) is 3.58. The van der Waals surface area contributed by atoms with Crippen LogP contribution < -0.4 is 9.62 Å². The number of halogens is 3. The Morgan fingerprint density at radius 3 is 2.13 bits per heavy atom. The Morgan fingerprint density at radius 2 is 1.56 bits per heavy atom. The van der Waals surface area contributed by atoms with Crippen LogP contribution in [0.1, 0.15) is 25.0 Å². The molecule has 0 bridgehead atoms. The second-order valence-corrected chi connectivity index (χ2v) is 13.4. The first-order valence-electron chi connectivity index (χ1n) is 12.2. The van der Waals surface area contributed by atoms with Gasteiger partial charge in [0, 0.05) is 22.6 Å². The van der Waals surface area contributed by atoms with Gasteiger partial charge in [0.15, 0.2) is 0 Å². The molecule has 0 saturated heterocycles. The first kappa shape index (κ1) is 31.2. The highest BCUT2D eigenvalue weighted by atomic mass is 127. The van der Waals surface area contributed by atoms with Crippen molar-refractivity contribution in [3.8, 4) is 0 Å². The Kier molecular flexibility index (Phi) is 11.1. The van der Waals surface area contributed by atoms with Gasteiger partial charge in [0.1, 0.15) is 12.6 Å². The van der Waals surface area contributed by atoms with Gasteiger partial charge in [-0.05, 0) is 84.0 Å².